The Bertz CT molecular complexity index is 872. The lowest BCUT2D eigenvalue weighted by atomic mass is 9.44. The molecule has 4 heteroatoms. The van der Waals surface area contributed by atoms with Crippen LogP contribution in [0.5, 0.6) is 0 Å². The van der Waals surface area contributed by atoms with E-state index >= 15 is 0 Å². The summed E-state index contributed by atoms with van der Waals surface area (Å²) in [5, 5.41) is 13.6. The van der Waals surface area contributed by atoms with Crippen LogP contribution in [0.15, 0.2) is 12.3 Å². The average Bonchev–Trinajstić information content (AvgIpc) is 3.41. The zero-order valence-electron chi connectivity index (χ0n) is 21.4. The Balaban J connectivity index is 1.28. The molecule has 0 radical (unpaired) electrons. The van der Waals surface area contributed by atoms with E-state index in [1.54, 1.807) is 0 Å². The fourth-order valence-electron chi connectivity index (χ4n) is 9.70. The summed E-state index contributed by atoms with van der Waals surface area (Å²) in [6.07, 6.45) is 14.8. The number of ether oxygens (including phenoxy) is 1. The van der Waals surface area contributed by atoms with Crippen molar-refractivity contribution in [1.29, 1.82) is 5.26 Å². The standard InChI is InChI=1S/C29H45N3O/c1-5-33-19-21-10-13-28(3)22(16-21)6-7-24-26-9-8-25(29(26,4)14-11-27(24)28)20(2)18-32-15-12-23(17-30)31-32/h12,15,20-22,24-27H,5-11,13-14,16,18-19H2,1-4H3/t20-,21+,22-,24+,25?,26?,27?,28+,29-/m1/s1. The van der Waals surface area contributed by atoms with Crippen molar-refractivity contribution in [2.75, 3.05) is 13.2 Å². The molecule has 1 heterocycles. The lowest BCUT2D eigenvalue weighted by molar-refractivity contribution is -0.125. The zero-order valence-corrected chi connectivity index (χ0v) is 21.4. The number of nitriles is 1. The molecule has 1 aromatic rings. The van der Waals surface area contributed by atoms with E-state index in [4.69, 9.17) is 10.00 Å². The van der Waals surface area contributed by atoms with Crippen molar-refractivity contribution in [1.82, 2.24) is 9.78 Å². The second-order valence-corrected chi connectivity index (χ2v) is 12.7. The zero-order chi connectivity index (χ0) is 23.2. The largest absolute Gasteiger partial charge is 0.381 e. The summed E-state index contributed by atoms with van der Waals surface area (Å²) >= 11 is 0. The summed E-state index contributed by atoms with van der Waals surface area (Å²) in [7, 11) is 0. The van der Waals surface area contributed by atoms with E-state index in [-0.39, 0.29) is 0 Å². The molecule has 1 aromatic heterocycles. The fourth-order valence-corrected chi connectivity index (χ4v) is 9.70. The molecule has 0 aromatic carbocycles. The van der Waals surface area contributed by atoms with Crippen LogP contribution >= 0.6 is 0 Å². The second-order valence-electron chi connectivity index (χ2n) is 12.7. The number of aromatic nitrogens is 2. The van der Waals surface area contributed by atoms with E-state index in [1.165, 1.54) is 57.8 Å². The van der Waals surface area contributed by atoms with Gasteiger partial charge < -0.3 is 4.74 Å². The normalized spacial score (nSPS) is 43.2. The van der Waals surface area contributed by atoms with Crippen molar-refractivity contribution in [3.8, 4) is 6.07 Å². The number of fused-ring (bicyclic) bond motifs is 5. The SMILES string of the molecule is CCOC[C@H]1CC[C@]2(C)C3CC[C@@]4(C)C(CCC4[C@H](C)Cn4ccc(C#N)n4)[C@@H]3CC[C@@H]2C1. The third kappa shape index (κ3) is 3.97. The average molecular weight is 452 g/mol. The Labute approximate surface area is 201 Å². The molecular formula is C29H45N3O. The molecule has 0 amide bonds. The Morgan fingerprint density at radius 1 is 1.12 bits per heavy atom. The maximum absolute atomic E-state index is 9.13. The minimum atomic E-state index is 0.487. The van der Waals surface area contributed by atoms with Crippen LogP contribution in [0.3, 0.4) is 0 Å². The van der Waals surface area contributed by atoms with Crippen molar-refractivity contribution >= 4 is 0 Å². The maximum atomic E-state index is 9.13. The molecule has 3 unspecified atom stereocenters. The van der Waals surface area contributed by atoms with Gasteiger partial charge in [-0.3, -0.25) is 4.68 Å². The Hall–Kier alpha value is -1.34. The summed E-state index contributed by atoms with van der Waals surface area (Å²) in [6.45, 7) is 12.7. The molecule has 0 spiro atoms. The van der Waals surface area contributed by atoms with Crippen LogP contribution in [0.1, 0.15) is 91.2 Å². The van der Waals surface area contributed by atoms with Gasteiger partial charge in [0.1, 0.15) is 6.07 Å². The molecule has 4 fully saturated rings. The Kier molecular flexibility index (Phi) is 6.40. The second kappa shape index (κ2) is 9.03. The predicted molar refractivity (Wildman–Crippen MR) is 131 cm³/mol. The van der Waals surface area contributed by atoms with Gasteiger partial charge in [0.2, 0.25) is 0 Å². The molecule has 9 atom stereocenters. The van der Waals surface area contributed by atoms with Gasteiger partial charge in [0.25, 0.3) is 0 Å². The molecular weight excluding hydrogens is 406 g/mol. The number of hydrogen-bond donors (Lipinski definition) is 0. The monoisotopic (exact) mass is 451 g/mol. The summed E-state index contributed by atoms with van der Waals surface area (Å²) in [5.74, 6) is 5.92. The molecule has 4 aliphatic carbocycles. The Morgan fingerprint density at radius 3 is 2.67 bits per heavy atom. The first-order valence-electron chi connectivity index (χ1n) is 13.9. The molecule has 182 valence electrons. The van der Waals surface area contributed by atoms with E-state index in [2.05, 4.69) is 38.9 Å². The number of hydrogen-bond acceptors (Lipinski definition) is 3. The molecule has 0 N–H and O–H groups in total. The van der Waals surface area contributed by atoms with Gasteiger partial charge in [-0.2, -0.15) is 10.4 Å². The van der Waals surface area contributed by atoms with Crippen molar-refractivity contribution in [2.24, 2.45) is 52.3 Å². The van der Waals surface area contributed by atoms with Crippen LogP contribution in [-0.2, 0) is 11.3 Å². The van der Waals surface area contributed by atoms with Gasteiger partial charge in [-0.25, -0.2) is 0 Å². The first kappa shape index (κ1) is 23.4. The highest BCUT2D eigenvalue weighted by Gasteiger charge is 2.60. The van der Waals surface area contributed by atoms with Crippen molar-refractivity contribution in [2.45, 2.75) is 92.0 Å². The van der Waals surface area contributed by atoms with Gasteiger partial charge in [0, 0.05) is 26.0 Å². The van der Waals surface area contributed by atoms with Crippen molar-refractivity contribution in [3.05, 3.63) is 18.0 Å². The summed E-state index contributed by atoms with van der Waals surface area (Å²) < 4.78 is 7.84. The van der Waals surface area contributed by atoms with Crippen LogP contribution < -0.4 is 0 Å². The van der Waals surface area contributed by atoms with Gasteiger partial charge in [-0.15, -0.1) is 0 Å². The lowest BCUT2D eigenvalue weighted by Crippen LogP contribution is -2.54. The van der Waals surface area contributed by atoms with Gasteiger partial charge in [0.05, 0.1) is 0 Å². The fraction of sp³-hybridized carbons (Fsp3) is 0.862. The lowest BCUT2D eigenvalue weighted by Gasteiger charge is -2.61. The molecule has 4 aliphatic rings. The molecule has 4 nitrogen and oxygen atoms in total. The van der Waals surface area contributed by atoms with E-state index in [1.807, 2.05) is 16.9 Å². The maximum Gasteiger partial charge on any atom is 0.162 e. The third-order valence-corrected chi connectivity index (χ3v) is 11.3. The summed E-state index contributed by atoms with van der Waals surface area (Å²) in [5.41, 5.74) is 1.60. The smallest absolute Gasteiger partial charge is 0.162 e. The highest BCUT2D eigenvalue weighted by Crippen LogP contribution is 2.68. The van der Waals surface area contributed by atoms with E-state index in [0.29, 0.717) is 22.4 Å². The van der Waals surface area contributed by atoms with Crippen LogP contribution in [0.25, 0.3) is 0 Å². The topological polar surface area (TPSA) is 50.8 Å². The van der Waals surface area contributed by atoms with Gasteiger partial charge in [-0.05, 0) is 123 Å². The van der Waals surface area contributed by atoms with Gasteiger partial charge >= 0.3 is 0 Å². The summed E-state index contributed by atoms with van der Waals surface area (Å²) in [4.78, 5) is 0. The van der Waals surface area contributed by atoms with Crippen LogP contribution in [0, 0.1) is 63.6 Å². The van der Waals surface area contributed by atoms with E-state index in [9.17, 15) is 0 Å². The highest BCUT2D eigenvalue weighted by atomic mass is 16.5. The van der Waals surface area contributed by atoms with Gasteiger partial charge in [-0.1, -0.05) is 20.8 Å². The molecule has 0 saturated heterocycles. The highest BCUT2D eigenvalue weighted by molar-refractivity contribution is 5.16. The van der Waals surface area contributed by atoms with E-state index in [0.717, 1.165) is 55.3 Å². The van der Waals surface area contributed by atoms with Crippen molar-refractivity contribution < 1.29 is 4.74 Å². The third-order valence-electron chi connectivity index (χ3n) is 11.3. The summed E-state index contributed by atoms with van der Waals surface area (Å²) in [6, 6.07) is 4.02. The van der Waals surface area contributed by atoms with Crippen LogP contribution in [0.4, 0.5) is 0 Å². The first-order valence-corrected chi connectivity index (χ1v) is 13.9. The van der Waals surface area contributed by atoms with Crippen LogP contribution in [0.2, 0.25) is 0 Å². The number of rotatable bonds is 6. The first-order chi connectivity index (χ1) is 15.9. The molecule has 0 aliphatic heterocycles. The molecule has 5 rings (SSSR count). The minimum Gasteiger partial charge on any atom is -0.381 e. The van der Waals surface area contributed by atoms with Gasteiger partial charge in [0.15, 0.2) is 5.69 Å². The predicted octanol–water partition coefficient (Wildman–Crippen LogP) is 6.70. The molecule has 4 saturated carbocycles. The van der Waals surface area contributed by atoms with E-state index < -0.39 is 0 Å². The van der Waals surface area contributed by atoms with Crippen LogP contribution in [-0.4, -0.2) is 23.0 Å². The van der Waals surface area contributed by atoms with Crippen molar-refractivity contribution in [3.63, 3.8) is 0 Å². The molecule has 0 bridgehead atoms. The molecule has 33 heavy (non-hydrogen) atoms. The Morgan fingerprint density at radius 2 is 1.91 bits per heavy atom. The minimum absolute atomic E-state index is 0.487. The number of nitrogens with zero attached hydrogens (tertiary/aromatic N) is 3. The quantitative estimate of drug-likeness (QED) is 0.483.